The van der Waals surface area contributed by atoms with Crippen molar-refractivity contribution < 1.29 is 22.9 Å². The number of nitrogens with zero attached hydrogens (tertiary/aromatic N) is 2. The van der Waals surface area contributed by atoms with Gasteiger partial charge in [-0.3, -0.25) is 19.7 Å². The van der Waals surface area contributed by atoms with Crippen LogP contribution in [0.2, 0.25) is 5.02 Å². The Morgan fingerprint density at radius 1 is 1.00 bits per heavy atom. The first-order valence-corrected chi connectivity index (χ1v) is 12.0. The molecule has 3 aromatic rings. The Morgan fingerprint density at radius 2 is 1.62 bits per heavy atom. The summed E-state index contributed by atoms with van der Waals surface area (Å²) in [5.74, 6) is -0.500. The molecule has 34 heavy (non-hydrogen) atoms. The molecule has 4 rings (SSSR count). The van der Waals surface area contributed by atoms with Crippen LogP contribution in [0.1, 0.15) is 23.2 Å². The quantitative estimate of drug-likeness (QED) is 0.394. The van der Waals surface area contributed by atoms with Crippen LogP contribution in [-0.4, -0.2) is 31.7 Å². The van der Waals surface area contributed by atoms with Gasteiger partial charge in [-0.2, -0.15) is 0 Å². The maximum absolute atomic E-state index is 12.8. The molecule has 2 amide bonds. The molecule has 174 valence electrons. The van der Waals surface area contributed by atoms with Gasteiger partial charge in [0.2, 0.25) is 15.7 Å². The lowest BCUT2D eigenvalue weighted by molar-refractivity contribution is -0.384. The number of nitrogens with one attached hydrogen (secondary N) is 1. The molecule has 0 unspecified atom stereocenters. The first kappa shape index (κ1) is 23.4. The summed E-state index contributed by atoms with van der Waals surface area (Å²) in [6, 6.07) is 14.8. The van der Waals surface area contributed by atoms with Gasteiger partial charge in [-0.25, -0.2) is 8.42 Å². The molecule has 0 radical (unpaired) electrons. The third-order valence-corrected chi connectivity index (χ3v) is 7.46. The summed E-state index contributed by atoms with van der Waals surface area (Å²) >= 11 is 6.23. The van der Waals surface area contributed by atoms with Crippen LogP contribution in [0.15, 0.2) is 76.5 Å². The average Bonchev–Trinajstić information content (AvgIpc) is 3.25. The van der Waals surface area contributed by atoms with E-state index in [0.29, 0.717) is 34.9 Å². The Kier molecular flexibility index (Phi) is 6.36. The van der Waals surface area contributed by atoms with Gasteiger partial charge in [0.1, 0.15) is 0 Å². The van der Waals surface area contributed by atoms with Crippen molar-refractivity contribution in [2.75, 3.05) is 16.8 Å². The number of carbonyl (C=O) groups excluding carboxylic acids is 2. The van der Waals surface area contributed by atoms with Gasteiger partial charge in [-0.05, 0) is 61.0 Å². The maximum atomic E-state index is 12.8. The summed E-state index contributed by atoms with van der Waals surface area (Å²) in [4.78, 5) is 36.4. The number of carbonyl (C=O) groups is 2. The zero-order valence-electron chi connectivity index (χ0n) is 17.6. The highest BCUT2D eigenvalue weighted by Crippen LogP contribution is 2.31. The number of anilines is 2. The lowest BCUT2D eigenvalue weighted by Gasteiger charge is -2.18. The number of amides is 2. The first-order chi connectivity index (χ1) is 16.2. The van der Waals surface area contributed by atoms with E-state index in [9.17, 15) is 28.1 Å². The predicted octanol–water partition coefficient (Wildman–Crippen LogP) is 4.46. The van der Waals surface area contributed by atoms with E-state index < -0.39 is 20.7 Å². The second-order valence-electron chi connectivity index (χ2n) is 7.55. The molecule has 0 aliphatic carbocycles. The molecule has 0 spiro atoms. The molecule has 1 fully saturated rings. The van der Waals surface area contributed by atoms with Crippen molar-refractivity contribution in [2.45, 2.75) is 22.6 Å². The Balaban J connectivity index is 1.51. The highest BCUT2D eigenvalue weighted by atomic mass is 35.5. The number of halogens is 1. The zero-order chi connectivity index (χ0) is 24.5. The monoisotopic (exact) mass is 499 g/mol. The number of benzene rings is 3. The van der Waals surface area contributed by atoms with E-state index in [4.69, 9.17) is 11.6 Å². The molecule has 1 aliphatic rings. The van der Waals surface area contributed by atoms with Gasteiger partial charge in [0.05, 0.1) is 25.4 Å². The molecular formula is C23H18ClN3O6S. The smallest absolute Gasteiger partial charge is 0.269 e. The molecule has 0 atom stereocenters. The van der Waals surface area contributed by atoms with E-state index >= 15 is 0 Å². The van der Waals surface area contributed by atoms with Crippen LogP contribution in [-0.2, 0) is 14.6 Å². The average molecular weight is 500 g/mol. The summed E-state index contributed by atoms with van der Waals surface area (Å²) in [6.07, 6.45) is 1.16. The second-order valence-corrected chi connectivity index (χ2v) is 9.90. The van der Waals surface area contributed by atoms with E-state index in [2.05, 4.69) is 5.32 Å². The number of hydrogen-bond acceptors (Lipinski definition) is 6. The van der Waals surface area contributed by atoms with Crippen LogP contribution in [0, 0.1) is 10.1 Å². The van der Waals surface area contributed by atoms with Crippen molar-refractivity contribution in [3.63, 3.8) is 0 Å². The minimum absolute atomic E-state index is 0.0272. The van der Waals surface area contributed by atoms with Crippen LogP contribution in [0.5, 0.6) is 0 Å². The first-order valence-electron chi connectivity index (χ1n) is 10.2. The fourth-order valence-corrected chi connectivity index (χ4v) is 5.05. The summed E-state index contributed by atoms with van der Waals surface area (Å²) < 4.78 is 25.6. The molecule has 1 saturated heterocycles. The van der Waals surface area contributed by atoms with Crippen molar-refractivity contribution >= 4 is 50.3 Å². The van der Waals surface area contributed by atoms with E-state index in [0.717, 1.165) is 18.6 Å². The summed E-state index contributed by atoms with van der Waals surface area (Å²) in [7, 11) is -3.89. The number of non-ortho nitro benzene ring substituents is 1. The van der Waals surface area contributed by atoms with Crippen molar-refractivity contribution in [2.24, 2.45) is 0 Å². The van der Waals surface area contributed by atoms with Crippen LogP contribution >= 0.6 is 11.6 Å². The van der Waals surface area contributed by atoms with Gasteiger partial charge >= 0.3 is 0 Å². The number of rotatable bonds is 6. The highest BCUT2D eigenvalue weighted by Gasteiger charge is 2.25. The van der Waals surface area contributed by atoms with Gasteiger partial charge < -0.3 is 10.2 Å². The normalized spacial score (nSPS) is 13.7. The molecule has 0 saturated carbocycles. The van der Waals surface area contributed by atoms with Gasteiger partial charge in [-0.1, -0.05) is 11.6 Å². The molecule has 1 N–H and O–H groups in total. The molecular weight excluding hydrogens is 482 g/mol. The standard InChI is InChI=1S/C23H18ClN3O6S/c24-20-12-3-15(14-21(20)26-13-1-2-22(26)28)23(29)25-16-4-8-18(9-5-16)34(32,33)19-10-6-17(7-11-19)27(30)31/h3-12,14H,1-2,13H2,(H,25,29). The van der Waals surface area contributed by atoms with Crippen molar-refractivity contribution in [3.8, 4) is 0 Å². The second kappa shape index (κ2) is 9.24. The predicted molar refractivity (Wildman–Crippen MR) is 126 cm³/mol. The lowest BCUT2D eigenvalue weighted by Crippen LogP contribution is -2.24. The topological polar surface area (TPSA) is 127 Å². The fraction of sp³-hybridized carbons (Fsp3) is 0.130. The lowest BCUT2D eigenvalue weighted by atomic mass is 10.1. The van der Waals surface area contributed by atoms with E-state index in [1.54, 1.807) is 17.0 Å². The van der Waals surface area contributed by atoms with Crippen LogP contribution in [0.4, 0.5) is 17.1 Å². The van der Waals surface area contributed by atoms with Crippen LogP contribution < -0.4 is 10.2 Å². The minimum atomic E-state index is -3.89. The largest absolute Gasteiger partial charge is 0.322 e. The SMILES string of the molecule is O=C(Nc1ccc(S(=O)(=O)c2ccc([N+](=O)[O-])cc2)cc1)c1ccc(Cl)c(N2CCCC2=O)c1. The summed E-state index contributed by atoms with van der Waals surface area (Å²) in [6.45, 7) is 0.536. The zero-order valence-corrected chi connectivity index (χ0v) is 19.2. The van der Waals surface area contributed by atoms with Crippen molar-refractivity contribution in [3.05, 3.63) is 87.4 Å². The molecule has 0 aromatic heterocycles. The number of nitro groups is 1. The summed E-state index contributed by atoms with van der Waals surface area (Å²) in [5.41, 5.74) is 0.917. The van der Waals surface area contributed by atoms with Gasteiger partial charge in [-0.15, -0.1) is 0 Å². The number of hydrogen-bond donors (Lipinski definition) is 1. The highest BCUT2D eigenvalue weighted by molar-refractivity contribution is 7.91. The van der Waals surface area contributed by atoms with Gasteiger partial charge in [0, 0.05) is 36.3 Å². The number of nitro benzene ring substituents is 1. The Labute approximate surface area is 200 Å². The molecule has 3 aromatic carbocycles. The molecule has 0 bridgehead atoms. The fourth-order valence-electron chi connectivity index (χ4n) is 3.57. The number of sulfone groups is 1. The van der Waals surface area contributed by atoms with E-state index in [1.807, 2.05) is 0 Å². The molecule has 1 aliphatic heterocycles. The van der Waals surface area contributed by atoms with Crippen molar-refractivity contribution in [1.82, 2.24) is 0 Å². The molecule has 11 heteroatoms. The Morgan fingerprint density at radius 3 is 2.18 bits per heavy atom. The van der Waals surface area contributed by atoms with Gasteiger partial charge in [0.15, 0.2) is 0 Å². The minimum Gasteiger partial charge on any atom is -0.322 e. The molecule has 9 nitrogen and oxygen atoms in total. The van der Waals surface area contributed by atoms with E-state index in [1.165, 1.54) is 42.5 Å². The van der Waals surface area contributed by atoms with Crippen molar-refractivity contribution in [1.29, 1.82) is 0 Å². The van der Waals surface area contributed by atoms with Crippen LogP contribution in [0.25, 0.3) is 0 Å². The Hall–Kier alpha value is -3.76. The Bertz CT molecular complexity index is 1390. The van der Waals surface area contributed by atoms with Gasteiger partial charge in [0.25, 0.3) is 11.6 Å². The summed E-state index contributed by atoms with van der Waals surface area (Å²) in [5, 5.41) is 13.8. The third kappa shape index (κ3) is 4.63. The van der Waals surface area contributed by atoms with Crippen LogP contribution in [0.3, 0.4) is 0 Å². The third-order valence-electron chi connectivity index (χ3n) is 5.35. The maximum Gasteiger partial charge on any atom is 0.269 e. The van der Waals surface area contributed by atoms with E-state index in [-0.39, 0.29) is 21.4 Å². The molecule has 1 heterocycles.